The molecule has 0 aromatic carbocycles. The van der Waals surface area contributed by atoms with Gasteiger partial charge in [0.25, 0.3) is 0 Å². The van der Waals surface area contributed by atoms with E-state index < -0.39 is 18.2 Å². The Balaban J connectivity index is 2.40. The highest BCUT2D eigenvalue weighted by Crippen LogP contribution is 2.38. The molecule has 0 saturated heterocycles. The molecule has 2 unspecified atom stereocenters. The summed E-state index contributed by atoms with van der Waals surface area (Å²) in [6.45, 7) is 2.12. The number of hydrogen-bond acceptors (Lipinski definition) is 5. The summed E-state index contributed by atoms with van der Waals surface area (Å²) in [5.41, 5.74) is 0. The van der Waals surface area contributed by atoms with Crippen LogP contribution in [-0.4, -0.2) is 50.5 Å². The highest BCUT2D eigenvalue weighted by atomic mass is 16.4. The fourth-order valence-corrected chi connectivity index (χ4v) is 3.98. The van der Waals surface area contributed by atoms with Crippen LogP contribution in [0.5, 0.6) is 0 Å². The first-order valence-corrected chi connectivity index (χ1v) is 10.1. The minimum absolute atomic E-state index is 0.0158. The summed E-state index contributed by atoms with van der Waals surface area (Å²) in [4.78, 5) is 22.7. The molecule has 152 valence electrons. The van der Waals surface area contributed by atoms with Gasteiger partial charge < -0.3 is 20.4 Å². The van der Waals surface area contributed by atoms with E-state index in [0.29, 0.717) is 32.1 Å². The number of unbranched alkanes of at least 4 members (excludes halogenated alkanes) is 3. The number of rotatable bonds is 14. The number of aliphatic carboxylic acids is 1. The summed E-state index contributed by atoms with van der Waals surface area (Å²) in [7, 11) is 0. The van der Waals surface area contributed by atoms with E-state index in [1.807, 2.05) is 0 Å². The van der Waals surface area contributed by atoms with Crippen LogP contribution in [0.4, 0.5) is 0 Å². The molecule has 26 heavy (non-hydrogen) atoms. The molecule has 4 N–H and O–H groups in total. The van der Waals surface area contributed by atoms with Crippen LogP contribution in [0.1, 0.15) is 84.0 Å². The SMILES string of the molecule is CCCCCC(O)CC[C@@H]1C(CC(=O)CCCCC(=O)O)[C@@H](O)C[C@H]1O. The van der Waals surface area contributed by atoms with Crippen molar-refractivity contribution in [2.45, 2.75) is 102 Å². The smallest absolute Gasteiger partial charge is 0.303 e. The number of carboxylic acids is 1. The van der Waals surface area contributed by atoms with E-state index >= 15 is 0 Å². The van der Waals surface area contributed by atoms with Crippen molar-refractivity contribution < 1.29 is 30.0 Å². The van der Waals surface area contributed by atoms with Gasteiger partial charge in [-0.3, -0.25) is 9.59 Å². The molecule has 0 aromatic heterocycles. The third kappa shape index (κ3) is 8.60. The summed E-state index contributed by atoms with van der Waals surface area (Å²) >= 11 is 0. The Morgan fingerprint density at radius 1 is 0.962 bits per heavy atom. The number of carboxylic acid groups (broad SMARTS) is 1. The summed E-state index contributed by atoms with van der Waals surface area (Å²) in [5.74, 6) is -1.26. The van der Waals surface area contributed by atoms with Gasteiger partial charge in [-0.05, 0) is 50.4 Å². The lowest BCUT2D eigenvalue weighted by Gasteiger charge is -2.24. The number of hydrogen-bond donors (Lipinski definition) is 4. The third-order valence-corrected chi connectivity index (χ3v) is 5.56. The van der Waals surface area contributed by atoms with Gasteiger partial charge in [0.15, 0.2) is 0 Å². The summed E-state index contributed by atoms with van der Waals surface area (Å²) in [5, 5.41) is 39.1. The lowest BCUT2D eigenvalue weighted by molar-refractivity contribution is -0.137. The van der Waals surface area contributed by atoms with Gasteiger partial charge in [-0.2, -0.15) is 0 Å². The highest BCUT2D eigenvalue weighted by Gasteiger charge is 2.42. The number of carbonyl (C=O) groups is 2. The summed E-state index contributed by atoms with van der Waals surface area (Å²) < 4.78 is 0. The highest BCUT2D eigenvalue weighted by molar-refractivity contribution is 5.78. The van der Waals surface area contributed by atoms with E-state index in [2.05, 4.69) is 6.92 Å². The second-order valence-corrected chi connectivity index (χ2v) is 7.77. The second kappa shape index (κ2) is 12.4. The molecule has 1 saturated carbocycles. The van der Waals surface area contributed by atoms with Crippen molar-refractivity contribution in [2.75, 3.05) is 0 Å². The predicted octanol–water partition coefficient (Wildman–Crippen LogP) is 2.67. The van der Waals surface area contributed by atoms with Gasteiger partial charge >= 0.3 is 5.97 Å². The van der Waals surface area contributed by atoms with Crippen molar-refractivity contribution in [3.63, 3.8) is 0 Å². The first-order chi connectivity index (χ1) is 12.3. The predicted molar refractivity (Wildman–Crippen MR) is 98.7 cm³/mol. The monoisotopic (exact) mass is 372 g/mol. The van der Waals surface area contributed by atoms with E-state index in [4.69, 9.17) is 5.11 Å². The minimum Gasteiger partial charge on any atom is -0.481 e. The van der Waals surface area contributed by atoms with Gasteiger partial charge in [0.05, 0.1) is 18.3 Å². The minimum atomic E-state index is -0.857. The molecule has 0 amide bonds. The molecule has 6 heteroatoms. The number of aliphatic hydroxyl groups excluding tert-OH is 3. The maximum absolute atomic E-state index is 12.2. The van der Waals surface area contributed by atoms with Gasteiger partial charge in [-0.1, -0.05) is 26.2 Å². The zero-order chi connectivity index (χ0) is 19.5. The molecular formula is C20H36O6. The molecule has 6 nitrogen and oxygen atoms in total. The molecule has 5 atom stereocenters. The average Bonchev–Trinajstić information content (AvgIpc) is 2.83. The summed E-state index contributed by atoms with van der Waals surface area (Å²) in [6.07, 6.45) is 5.36. The Bertz CT molecular complexity index is 425. The van der Waals surface area contributed by atoms with Crippen molar-refractivity contribution in [3.8, 4) is 0 Å². The van der Waals surface area contributed by atoms with Crippen LogP contribution >= 0.6 is 0 Å². The molecule has 0 spiro atoms. The topological polar surface area (TPSA) is 115 Å². The Morgan fingerprint density at radius 2 is 1.62 bits per heavy atom. The average molecular weight is 373 g/mol. The van der Waals surface area contributed by atoms with E-state index in [0.717, 1.165) is 25.7 Å². The quantitative estimate of drug-likeness (QED) is 0.349. The maximum Gasteiger partial charge on any atom is 0.303 e. The first kappa shape index (κ1) is 23.1. The molecule has 0 aromatic rings. The van der Waals surface area contributed by atoms with Crippen molar-refractivity contribution in [2.24, 2.45) is 11.8 Å². The van der Waals surface area contributed by atoms with E-state index in [9.17, 15) is 24.9 Å². The van der Waals surface area contributed by atoms with Crippen LogP contribution in [0, 0.1) is 11.8 Å². The van der Waals surface area contributed by atoms with Crippen molar-refractivity contribution >= 4 is 11.8 Å². The second-order valence-electron chi connectivity index (χ2n) is 7.77. The van der Waals surface area contributed by atoms with Gasteiger partial charge in [0.2, 0.25) is 0 Å². The van der Waals surface area contributed by atoms with Crippen molar-refractivity contribution in [3.05, 3.63) is 0 Å². The Morgan fingerprint density at radius 3 is 2.27 bits per heavy atom. The number of Topliss-reactive ketones (excluding diaryl/α,β-unsaturated/α-hetero) is 1. The molecule has 1 rings (SSSR count). The van der Waals surface area contributed by atoms with Crippen LogP contribution in [0.3, 0.4) is 0 Å². The molecule has 1 fully saturated rings. The normalized spacial score (nSPS) is 26.8. The lowest BCUT2D eigenvalue weighted by atomic mass is 9.84. The number of ketones is 1. The Labute approximate surface area is 156 Å². The van der Waals surface area contributed by atoms with E-state index in [1.54, 1.807) is 0 Å². The molecule has 1 aliphatic carbocycles. The van der Waals surface area contributed by atoms with E-state index in [1.165, 1.54) is 0 Å². The number of aliphatic hydroxyl groups is 3. The molecule has 0 radical (unpaired) electrons. The van der Waals surface area contributed by atoms with Crippen LogP contribution in [0.25, 0.3) is 0 Å². The first-order valence-electron chi connectivity index (χ1n) is 10.1. The van der Waals surface area contributed by atoms with Crippen molar-refractivity contribution in [1.82, 2.24) is 0 Å². The molecule has 0 heterocycles. The van der Waals surface area contributed by atoms with Crippen molar-refractivity contribution in [1.29, 1.82) is 0 Å². The van der Waals surface area contributed by atoms with Crippen LogP contribution < -0.4 is 0 Å². The van der Waals surface area contributed by atoms with Gasteiger partial charge in [-0.25, -0.2) is 0 Å². The van der Waals surface area contributed by atoms with Gasteiger partial charge in [0, 0.05) is 19.3 Å². The van der Waals surface area contributed by atoms with E-state index in [-0.39, 0.29) is 43.0 Å². The molecular weight excluding hydrogens is 336 g/mol. The molecule has 0 bridgehead atoms. The van der Waals surface area contributed by atoms with Gasteiger partial charge in [0.1, 0.15) is 5.78 Å². The standard InChI is InChI=1S/C20H36O6/c1-2-3-4-7-14(21)10-11-16-17(19(24)13-18(16)23)12-15(22)8-5-6-9-20(25)26/h14,16-19,21,23-24H,2-13H2,1H3,(H,25,26)/t14?,16-,17?,18-,19+/m1/s1. The Kier molecular flexibility index (Phi) is 11.0. The Hall–Kier alpha value is -0.980. The van der Waals surface area contributed by atoms with Crippen LogP contribution in [-0.2, 0) is 9.59 Å². The largest absolute Gasteiger partial charge is 0.481 e. The van der Waals surface area contributed by atoms with Crippen LogP contribution in [0.2, 0.25) is 0 Å². The third-order valence-electron chi connectivity index (χ3n) is 5.56. The number of carbonyl (C=O) groups excluding carboxylic acids is 1. The fourth-order valence-electron chi connectivity index (χ4n) is 3.98. The zero-order valence-corrected chi connectivity index (χ0v) is 16.0. The maximum atomic E-state index is 12.2. The molecule has 1 aliphatic rings. The summed E-state index contributed by atoms with van der Waals surface area (Å²) in [6, 6.07) is 0. The van der Waals surface area contributed by atoms with Gasteiger partial charge in [-0.15, -0.1) is 0 Å². The van der Waals surface area contributed by atoms with Crippen LogP contribution in [0.15, 0.2) is 0 Å². The fraction of sp³-hybridized carbons (Fsp3) is 0.900. The lowest BCUT2D eigenvalue weighted by Crippen LogP contribution is -2.26. The zero-order valence-electron chi connectivity index (χ0n) is 16.0. The molecule has 0 aliphatic heterocycles.